The fourth-order valence-electron chi connectivity index (χ4n) is 4.75. The Morgan fingerprint density at radius 1 is 0.909 bits per heavy atom. The average Bonchev–Trinajstić information content (AvgIpc) is 3.17. The molecule has 0 radical (unpaired) electrons. The first-order valence-corrected chi connectivity index (χ1v) is 10.9. The van der Waals surface area contributed by atoms with Gasteiger partial charge in [-0.2, -0.15) is 4.57 Å². The van der Waals surface area contributed by atoms with E-state index in [1.54, 1.807) is 0 Å². The Labute approximate surface area is 193 Å². The number of hydrogen-bond acceptors (Lipinski definition) is 1. The first kappa shape index (κ1) is 20.7. The van der Waals surface area contributed by atoms with Gasteiger partial charge in [-0.25, -0.2) is 11.4 Å². The van der Waals surface area contributed by atoms with Gasteiger partial charge in [0.15, 0.2) is 5.69 Å². The molecular formula is C29H24N3O+. The first-order chi connectivity index (χ1) is 15.8. The van der Waals surface area contributed by atoms with E-state index in [1.165, 1.54) is 5.56 Å². The number of pyridine rings is 1. The largest absolute Gasteiger partial charge is 0.456 e. The third kappa shape index (κ3) is 2.99. The summed E-state index contributed by atoms with van der Waals surface area (Å²) in [4.78, 5) is 7.51. The molecular weight excluding hydrogens is 406 g/mol. The molecule has 0 aliphatic carbocycles. The van der Waals surface area contributed by atoms with Crippen LogP contribution in [-0.4, -0.2) is 0 Å². The van der Waals surface area contributed by atoms with Crippen LogP contribution in [0, 0.1) is 27.0 Å². The minimum atomic E-state index is -0.669. The third-order valence-corrected chi connectivity index (χ3v) is 6.79. The monoisotopic (exact) mass is 430 g/mol. The molecule has 2 heterocycles. The molecule has 0 spiro atoms. The van der Waals surface area contributed by atoms with Gasteiger partial charge in [-0.1, -0.05) is 24.3 Å². The normalized spacial score (nSPS) is 11.7. The van der Waals surface area contributed by atoms with Crippen LogP contribution in [0.5, 0.6) is 0 Å². The van der Waals surface area contributed by atoms with Crippen LogP contribution in [0.25, 0.3) is 53.8 Å². The molecule has 3 aromatic carbocycles. The Morgan fingerprint density at radius 2 is 1.67 bits per heavy atom. The summed E-state index contributed by atoms with van der Waals surface area (Å²) in [6.07, 6.45) is 0. The maximum atomic E-state index is 7.84. The second-order valence-corrected chi connectivity index (χ2v) is 9.15. The molecule has 5 aromatic rings. The van der Waals surface area contributed by atoms with Crippen molar-refractivity contribution in [1.82, 2.24) is 0 Å². The maximum Gasteiger partial charge on any atom is 0.253 e. The lowest BCUT2D eigenvalue weighted by Gasteiger charge is -2.16. The molecule has 0 aliphatic heterocycles. The van der Waals surface area contributed by atoms with Gasteiger partial charge in [0.1, 0.15) is 18.2 Å². The van der Waals surface area contributed by atoms with Gasteiger partial charge in [-0.05, 0) is 43.2 Å². The van der Waals surface area contributed by atoms with Crippen molar-refractivity contribution in [2.75, 3.05) is 0 Å². The van der Waals surface area contributed by atoms with Gasteiger partial charge in [-0.15, -0.1) is 0 Å². The van der Waals surface area contributed by atoms with Gasteiger partial charge < -0.3 is 9.26 Å². The van der Waals surface area contributed by atoms with Crippen molar-refractivity contribution in [3.63, 3.8) is 0 Å². The zero-order valence-corrected chi connectivity index (χ0v) is 19.4. The molecule has 0 saturated heterocycles. The van der Waals surface area contributed by atoms with Crippen LogP contribution in [0.4, 0.5) is 5.69 Å². The number of rotatable bonds is 2. The molecule has 160 valence electrons. The quantitative estimate of drug-likeness (QED) is 0.210. The highest BCUT2D eigenvalue weighted by Crippen LogP contribution is 2.41. The minimum absolute atomic E-state index is 0.564. The van der Waals surface area contributed by atoms with Crippen LogP contribution in [-0.2, 0) is 12.6 Å². The molecule has 33 heavy (non-hydrogen) atoms. The summed E-state index contributed by atoms with van der Waals surface area (Å²) in [6, 6.07) is 18.2. The van der Waals surface area contributed by atoms with Crippen LogP contribution in [0.2, 0.25) is 0 Å². The van der Waals surface area contributed by atoms with E-state index >= 15 is 0 Å². The highest BCUT2D eigenvalue weighted by Gasteiger charge is 2.34. The Kier molecular flexibility index (Phi) is 4.52. The second kappa shape index (κ2) is 7.19. The minimum Gasteiger partial charge on any atom is -0.456 e. The molecule has 0 bridgehead atoms. The second-order valence-electron chi connectivity index (χ2n) is 9.15. The van der Waals surface area contributed by atoms with E-state index in [0.29, 0.717) is 5.69 Å². The van der Waals surface area contributed by atoms with Gasteiger partial charge in [0.2, 0.25) is 11.2 Å². The molecule has 0 N–H and O–H groups in total. The van der Waals surface area contributed by atoms with Crippen molar-refractivity contribution >= 4 is 38.5 Å². The molecule has 5 rings (SSSR count). The summed E-state index contributed by atoms with van der Waals surface area (Å²) in [5.74, 6) is 0. The summed E-state index contributed by atoms with van der Waals surface area (Å²) >= 11 is 0. The Hall–Kier alpha value is -4.15. The van der Waals surface area contributed by atoms with Gasteiger partial charge in [0, 0.05) is 36.8 Å². The molecule has 0 aliphatic rings. The fraction of sp³-hybridized carbons (Fsp3) is 0.207. The van der Waals surface area contributed by atoms with Crippen molar-refractivity contribution < 1.29 is 8.98 Å². The number of aromatic nitrogens is 1. The fourth-order valence-corrected chi connectivity index (χ4v) is 4.75. The average molecular weight is 431 g/mol. The van der Waals surface area contributed by atoms with Gasteiger partial charge in [-0.3, -0.25) is 0 Å². The van der Waals surface area contributed by atoms with E-state index in [9.17, 15) is 0 Å². The van der Waals surface area contributed by atoms with Crippen LogP contribution < -0.4 is 4.57 Å². The smallest absolute Gasteiger partial charge is 0.253 e. The number of benzene rings is 3. The lowest BCUT2D eigenvalue weighted by molar-refractivity contribution is -0.633. The topological polar surface area (TPSA) is 25.7 Å². The van der Waals surface area contributed by atoms with Crippen molar-refractivity contribution in [2.45, 2.75) is 33.2 Å². The number of hydrogen-bond donors (Lipinski definition) is 0. The molecule has 0 amide bonds. The Balaban J connectivity index is 1.97. The highest BCUT2D eigenvalue weighted by molar-refractivity contribution is 6.11. The molecule has 4 nitrogen and oxygen atoms in total. The van der Waals surface area contributed by atoms with Crippen molar-refractivity contribution in [3.8, 4) is 11.3 Å². The van der Waals surface area contributed by atoms with E-state index in [0.717, 1.165) is 55.2 Å². The third-order valence-electron chi connectivity index (χ3n) is 6.79. The zero-order chi connectivity index (χ0) is 23.5. The molecule has 0 saturated carbocycles. The Bertz CT molecular complexity index is 1690. The SMILES string of the molecule is [C-]#[N+]c1ccc2c(c1)oc1c(-c3cc(C(C)(C)[N+]#[C-])c4ccccc4[n+]3C)c(C)c(C)cc12. The zero-order valence-electron chi connectivity index (χ0n) is 19.4. The van der Waals surface area contributed by atoms with Crippen molar-refractivity contribution in [2.24, 2.45) is 7.05 Å². The van der Waals surface area contributed by atoms with E-state index in [2.05, 4.69) is 59.4 Å². The van der Waals surface area contributed by atoms with Crippen LogP contribution in [0.15, 0.2) is 59.0 Å². The summed E-state index contributed by atoms with van der Waals surface area (Å²) in [5, 5.41) is 3.13. The molecule has 2 aromatic heterocycles. The summed E-state index contributed by atoms with van der Waals surface area (Å²) in [6.45, 7) is 23.4. The molecule has 0 unspecified atom stereocenters. The predicted molar refractivity (Wildman–Crippen MR) is 133 cm³/mol. The standard InChI is InChI=1S/C29H24N3O/c1-17-14-22-20-13-12-19(30-5)15-26(20)33-28(22)27(18(17)2)25-16-23(29(3,4)31-6)21-10-8-9-11-24(21)32(25)7/h8-16H,1-4,7H3/q+1. The molecule has 4 heteroatoms. The number of fused-ring (bicyclic) bond motifs is 4. The highest BCUT2D eigenvalue weighted by atomic mass is 16.3. The lowest BCUT2D eigenvalue weighted by Crippen LogP contribution is -2.34. The Morgan fingerprint density at radius 3 is 2.39 bits per heavy atom. The van der Waals surface area contributed by atoms with E-state index in [4.69, 9.17) is 17.6 Å². The summed E-state index contributed by atoms with van der Waals surface area (Å²) < 4.78 is 8.61. The van der Waals surface area contributed by atoms with E-state index in [-0.39, 0.29) is 0 Å². The molecule has 0 atom stereocenters. The first-order valence-electron chi connectivity index (χ1n) is 10.9. The van der Waals surface area contributed by atoms with E-state index in [1.807, 2.05) is 44.2 Å². The van der Waals surface area contributed by atoms with Crippen molar-refractivity contribution in [1.29, 1.82) is 0 Å². The summed E-state index contributed by atoms with van der Waals surface area (Å²) in [5.41, 5.74) is 7.85. The van der Waals surface area contributed by atoms with E-state index < -0.39 is 5.54 Å². The number of furan rings is 1. The van der Waals surface area contributed by atoms with Crippen LogP contribution >= 0.6 is 0 Å². The molecule has 0 fully saturated rings. The summed E-state index contributed by atoms with van der Waals surface area (Å²) in [7, 11) is 2.07. The van der Waals surface area contributed by atoms with Gasteiger partial charge >= 0.3 is 0 Å². The van der Waals surface area contributed by atoms with Gasteiger partial charge in [0.25, 0.3) is 5.54 Å². The van der Waals surface area contributed by atoms with Crippen molar-refractivity contribution in [3.05, 3.63) is 94.1 Å². The number of para-hydroxylation sites is 1. The van der Waals surface area contributed by atoms with Gasteiger partial charge in [0.05, 0.1) is 23.1 Å². The number of nitrogens with zero attached hydrogens (tertiary/aromatic N) is 3. The lowest BCUT2D eigenvalue weighted by atomic mass is 9.88. The van der Waals surface area contributed by atoms with Crippen LogP contribution in [0.1, 0.15) is 30.5 Å². The predicted octanol–water partition coefficient (Wildman–Crippen LogP) is 7.55. The maximum absolute atomic E-state index is 7.84. The van der Waals surface area contributed by atoms with Crippen LogP contribution in [0.3, 0.4) is 0 Å². The number of aryl methyl sites for hydroxylation is 2.